The van der Waals surface area contributed by atoms with Gasteiger partial charge in [-0.1, -0.05) is 67.1 Å². The second kappa shape index (κ2) is 9.74. The third kappa shape index (κ3) is 5.98. The fraction of sp³-hybridized carbons (Fsp3) is 0.478. The van der Waals surface area contributed by atoms with Crippen molar-refractivity contribution < 1.29 is 5.11 Å². The first kappa shape index (κ1) is 18.2. The molecule has 0 radical (unpaired) electrons. The molecule has 1 N–H and O–H groups in total. The van der Waals surface area contributed by atoms with Crippen LogP contribution in [0.3, 0.4) is 0 Å². The van der Waals surface area contributed by atoms with Crippen LogP contribution in [0.5, 0.6) is 0 Å². The van der Waals surface area contributed by atoms with Crippen molar-refractivity contribution in [1.82, 2.24) is 4.90 Å². The monoisotopic (exact) mass is 337 g/mol. The van der Waals surface area contributed by atoms with E-state index in [-0.39, 0.29) is 6.10 Å². The first-order valence-corrected chi connectivity index (χ1v) is 9.80. The molecule has 2 aromatic carbocycles. The first-order valence-electron chi connectivity index (χ1n) is 9.80. The molecule has 1 saturated heterocycles. The highest BCUT2D eigenvalue weighted by Crippen LogP contribution is 2.24. The van der Waals surface area contributed by atoms with E-state index in [1.165, 1.54) is 50.8 Å². The van der Waals surface area contributed by atoms with Crippen LogP contribution in [-0.4, -0.2) is 29.6 Å². The van der Waals surface area contributed by atoms with E-state index in [1.807, 2.05) is 30.3 Å². The van der Waals surface area contributed by atoms with Crippen molar-refractivity contribution in [2.75, 3.05) is 19.6 Å². The zero-order valence-corrected chi connectivity index (χ0v) is 15.2. The number of aliphatic hydroxyl groups excluding tert-OH is 1. The summed E-state index contributed by atoms with van der Waals surface area (Å²) in [7, 11) is 0. The van der Waals surface area contributed by atoms with Gasteiger partial charge in [-0.05, 0) is 62.2 Å². The second-order valence-electron chi connectivity index (χ2n) is 7.38. The number of likely N-dealkylation sites (tertiary alicyclic amines) is 1. The third-order valence-corrected chi connectivity index (χ3v) is 5.53. The molecular weight excluding hydrogens is 306 g/mol. The predicted molar refractivity (Wildman–Crippen MR) is 105 cm³/mol. The van der Waals surface area contributed by atoms with Crippen LogP contribution >= 0.6 is 0 Å². The summed E-state index contributed by atoms with van der Waals surface area (Å²) in [4.78, 5) is 2.53. The molecule has 1 aliphatic heterocycles. The van der Waals surface area contributed by atoms with Gasteiger partial charge in [0.2, 0.25) is 0 Å². The molecule has 3 rings (SSSR count). The number of benzene rings is 2. The van der Waals surface area contributed by atoms with E-state index in [1.54, 1.807) is 0 Å². The van der Waals surface area contributed by atoms with E-state index in [0.717, 1.165) is 24.4 Å². The lowest BCUT2D eigenvalue weighted by molar-refractivity contribution is 0.121. The van der Waals surface area contributed by atoms with Crippen LogP contribution < -0.4 is 0 Å². The number of nitrogens with zero attached hydrogens (tertiary/aromatic N) is 1. The van der Waals surface area contributed by atoms with Crippen LogP contribution in [0.15, 0.2) is 60.7 Å². The Morgan fingerprint density at radius 1 is 0.920 bits per heavy atom. The molecule has 134 valence electrons. The van der Waals surface area contributed by atoms with E-state index in [2.05, 4.69) is 35.2 Å². The summed E-state index contributed by atoms with van der Waals surface area (Å²) in [5, 5.41) is 10.3. The van der Waals surface area contributed by atoms with Gasteiger partial charge in [0, 0.05) is 6.54 Å². The lowest BCUT2D eigenvalue weighted by Crippen LogP contribution is -2.35. The van der Waals surface area contributed by atoms with Crippen LogP contribution in [0, 0.1) is 5.92 Å². The molecule has 1 aliphatic rings. The summed E-state index contributed by atoms with van der Waals surface area (Å²) >= 11 is 0. The van der Waals surface area contributed by atoms with Crippen molar-refractivity contribution in [3.05, 3.63) is 71.8 Å². The molecule has 0 aliphatic carbocycles. The van der Waals surface area contributed by atoms with Crippen molar-refractivity contribution in [3.8, 4) is 0 Å². The highest BCUT2D eigenvalue weighted by Gasteiger charge is 2.19. The van der Waals surface area contributed by atoms with Gasteiger partial charge in [-0.2, -0.15) is 0 Å². The van der Waals surface area contributed by atoms with Gasteiger partial charge in [0.15, 0.2) is 0 Å². The largest absolute Gasteiger partial charge is 0.388 e. The highest BCUT2D eigenvalue weighted by atomic mass is 16.3. The molecule has 1 fully saturated rings. The van der Waals surface area contributed by atoms with E-state index in [4.69, 9.17) is 0 Å². The molecule has 0 bridgehead atoms. The lowest BCUT2D eigenvalue weighted by Gasteiger charge is -2.32. The number of hydrogen-bond donors (Lipinski definition) is 1. The van der Waals surface area contributed by atoms with Crippen LogP contribution in [0.4, 0.5) is 0 Å². The van der Waals surface area contributed by atoms with Gasteiger partial charge in [-0.25, -0.2) is 0 Å². The van der Waals surface area contributed by atoms with E-state index in [0.29, 0.717) is 0 Å². The molecule has 1 heterocycles. The Hall–Kier alpha value is -1.64. The van der Waals surface area contributed by atoms with E-state index >= 15 is 0 Å². The molecule has 0 spiro atoms. The zero-order valence-electron chi connectivity index (χ0n) is 15.2. The Balaban J connectivity index is 1.31. The lowest BCUT2D eigenvalue weighted by atomic mass is 9.90. The number of aryl methyl sites for hydroxylation is 1. The fourth-order valence-electron chi connectivity index (χ4n) is 3.88. The standard InChI is InChI=1S/C23H31NO/c25-23(22-12-5-2-6-13-22)16-19-24-17-14-21(15-18-24)11-7-10-20-8-3-1-4-9-20/h1-6,8-9,12-13,21,23,25H,7,10-11,14-19H2. The number of aliphatic hydroxyl groups is 1. The molecule has 2 heteroatoms. The molecule has 0 saturated carbocycles. The molecule has 1 atom stereocenters. The van der Waals surface area contributed by atoms with Crippen molar-refractivity contribution in [3.63, 3.8) is 0 Å². The van der Waals surface area contributed by atoms with E-state index < -0.39 is 0 Å². The summed E-state index contributed by atoms with van der Waals surface area (Å²) in [5.41, 5.74) is 2.51. The normalized spacial score (nSPS) is 17.5. The van der Waals surface area contributed by atoms with Gasteiger partial charge >= 0.3 is 0 Å². The van der Waals surface area contributed by atoms with Gasteiger partial charge < -0.3 is 10.0 Å². The molecular formula is C23H31NO. The maximum absolute atomic E-state index is 10.3. The molecule has 0 aromatic heterocycles. The van der Waals surface area contributed by atoms with E-state index in [9.17, 15) is 5.11 Å². The number of rotatable bonds is 8. The molecule has 0 amide bonds. The summed E-state index contributed by atoms with van der Waals surface area (Å²) < 4.78 is 0. The van der Waals surface area contributed by atoms with Crippen LogP contribution in [0.1, 0.15) is 49.3 Å². The van der Waals surface area contributed by atoms with Gasteiger partial charge in [0.05, 0.1) is 6.10 Å². The summed E-state index contributed by atoms with van der Waals surface area (Å²) in [6.45, 7) is 3.39. The first-order chi connectivity index (χ1) is 12.3. The maximum Gasteiger partial charge on any atom is 0.0802 e. The maximum atomic E-state index is 10.3. The number of piperidine rings is 1. The van der Waals surface area contributed by atoms with Gasteiger partial charge in [-0.15, -0.1) is 0 Å². The third-order valence-electron chi connectivity index (χ3n) is 5.53. The summed E-state index contributed by atoms with van der Waals surface area (Å²) in [5.74, 6) is 0.888. The van der Waals surface area contributed by atoms with Gasteiger partial charge in [0.25, 0.3) is 0 Å². The topological polar surface area (TPSA) is 23.5 Å². The van der Waals surface area contributed by atoms with Crippen molar-refractivity contribution >= 4 is 0 Å². The smallest absolute Gasteiger partial charge is 0.0802 e. The van der Waals surface area contributed by atoms with Gasteiger partial charge in [0.1, 0.15) is 0 Å². The van der Waals surface area contributed by atoms with Crippen LogP contribution in [0.25, 0.3) is 0 Å². The predicted octanol–water partition coefficient (Wildman–Crippen LogP) is 4.85. The minimum Gasteiger partial charge on any atom is -0.388 e. The Morgan fingerprint density at radius 3 is 2.24 bits per heavy atom. The Labute approximate surface area is 152 Å². The molecule has 2 aromatic rings. The molecule has 2 nitrogen and oxygen atoms in total. The second-order valence-corrected chi connectivity index (χ2v) is 7.38. The summed E-state index contributed by atoms with van der Waals surface area (Å²) in [6, 6.07) is 20.9. The van der Waals surface area contributed by atoms with Crippen LogP contribution in [-0.2, 0) is 6.42 Å². The molecule has 25 heavy (non-hydrogen) atoms. The van der Waals surface area contributed by atoms with Crippen molar-refractivity contribution in [2.24, 2.45) is 5.92 Å². The zero-order chi connectivity index (χ0) is 17.3. The number of hydrogen-bond acceptors (Lipinski definition) is 2. The minimum atomic E-state index is -0.329. The highest BCUT2D eigenvalue weighted by molar-refractivity contribution is 5.17. The van der Waals surface area contributed by atoms with Gasteiger partial charge in [-0.3, -0.25) is 0 Å². The van der Waals surface area contributed by atoms with Crippen LogP contribution in [0.2, 0.25) is 0 Å². The Morgan fingerprint density at radius 2 is 1.56 bits per heavy atom. The van der Waals surface area contributed by atoms with Crippen molar-refractivity contribution in [2.45, 2.75) is 44.6 Å². The SMILES string of the molecule is OC(CCN1CCC(CCCc2ccccc2)CC1)c1ccccc1. The average molecular weight is 338 g/mol. The molecule has 1 unspecified atom stereocenters. The quantitative estimate of drug-likeness (QED) is 0.744. The Bertz CT molecular complexity index is 590. The fourth-order valence-corrected chi connectivity index (χ4v) is 3.88. The van der Waals surface area contributed by atoms with Crippen molar-refractivity contribution in [1.29, 1.82) is 0 Å². The average Bonchev–Trinajstić information content (AvgIpc) is 2.68. The minimum absolute atomic E-state index is 0.329. The summed E-state index contributed by atoms with van der Waals surface area (Å²) in [6.07, 6.45) is 7.01. The Kier molecular flexibility index (Phi) is 7.08.